The summed E-state index contributed by atoms with van der Waals surface area (Å²) in [7, 11) is -5.34. The van der Waals surface area contributed by atoms with E-state index >= 15 is 0 Å². The third-order valence-electron chi connectivity index (χ3n) is 4.46. The minimum Gasteiger partial charge on any atom is -0.469 e. The van der Waals surface area contributed by atoms with Crippen molar-refractivity contribution in [3.63, 3.8) is 0 Å². The van der Waals surface area contributed by atoms with Gasteiger partial charge in [-0.2, -0.15) is 21.6 Å². The number of ether oxygens (including phenoxy) is 2. The molecular weight excluding hydrogens is 529 g/mol. The first-order chi connectivity index (χ1) is 16.9. The number of esters is 1. The molecule has 1 aromatic carbocycles. The van der Waals surface area contributed by atoms with Crippen LogP contribution in [0.25, 0.3) is 11.1 Å². The predicted molar refractivity (Wildman–Crippen MR) is 119 cm³/mol. The minimum absolute atomic E-state index is 0.125. The largest absolute Gasteiger partial charge is 0.534 e. The maximum absolute atomic E-state index is 13.2. The molecule has 2 rings (SSSR count). The normalized spacial score (nSPS) is 12.1. The van der Waals surface area contributed by atoms with E-state index in [1.165, 1.54) is 32.9 Å². The molecule has 0 aliphatic carbocycles. The number of hydrogen-bond acceptors (Lipinski definition) is 10. The Balaban J connectivity index is 2.93. The van der Waals surface area contributed by atoms with Crippen LogP contribution in [0.1, 0.15) is 44.1 Å². The molecule has 2 aromatic rings. The molecule has 0 amide bonds. The van der Waals surface area contributed by atoms with Gasteiger partial charge in [0.05, 0.1) is 24.0 Å². The molecule has 0 unspecified atom stereocenters. The fourth-order valence-corrected chi connectivity index (χ4v) is 3.42. The highest BCUT2D eigenvalue weighted by molar-refractivity contribution is 7.87. The number of hydrogen-bond donors (Lipinski definition) is 0. The number of ketones is 1. The van der Waals surface area contributed by atoms with E-state index in [-0.39, 0.29) is 10.1 Å². The van der Waals surface area contributed by atoms with Crippen LogP contribution in [-0.4, -0.2) is 54.0 Å². The number of halogens is 3. The number of aromatic nitrogens is 1. The summed E-state index contributed by atoms with van der Waals surface area (Å²) in [6.45, 7) is 4.13. The lowest BCUT2D eigenvalue weighted by atomic mass is 10.0. The van der Waals surface area contributed by atoms with Crippen molar-refractivity contribution in [2.75, 3.05) is 7.11 Å². The topological polar surface area (TPSA) is 161 Å². The third kappa shape index (κ3) is 6.84. The summed E-state index contributed by atoms with van der Waals surface area (Å²) in [5.41, 5.74) is -9.52. The van der Waals surface area contributed by atoms with Gasteiger partial charge in [-0.3, -0.25) is 19.7 Å². The van der Waals surface area contributed by atoms with E-state index in [9.17, 15) is 46.1 Å². The van der Waals surface area contributed by atoms with Gasteiger partial charge in [0, 0.05) is 24.1 Å². The van der Waals surface area contributed by atoms with Crippen LogP contribution in [0.4, 0.5) is 23.7 Å². The number of para-hydroxylation sites is 1. The van der Waals surface area contributed by atoms with Crippen molar-refractivity contribution in [1.29, 1.82) is 0 Å². The molecular formula is C21H21F3N2O10S. The lowest BCUT2D eigenvalue weighted by Gasteiger charge is -2.21. The molecule has 12 nitrogen and oxygen atoms in total. The fourth-order valence-electron chi connectivity index (χ4n) is 2.97. The predicted octanol–water partition coefficient (Wildman–Crippen LogP) is 4.21. The molecule has 0 radical (unpaired) electrons. The SMILES string of the molecule is COC(=O)CCC(=O)c1c(-c2ccccc2[N+](=O)[O-])cc(OS(=O)(=O)C(F)(F)F)n1C(=O)OC(C)(C)C. The number of Topliss-reactive ketones (excluding diaryl/α,β-unsaturated/α-hetero) is 1. The molecule has 1 heterocycles. The second kappa shape index (κ2) is 10.6. The number of carbonyl (C=O) groups excluding carboxylic acids is 3. The Bertz CT molecular complexity index is 1340. The van der Waals surface area contributed by atoms with Crippen LogP contribution in [0.15, 0.2) is 30.3 Å². The smallest absolute Gasteiger partial charge is 0.469 e. The van der Waals surface area contributed by atoms with Gasteiger partial charge < -0.3 is 13.7 Å². The van der Waals surface area contributed by atoms with Gasteiger partial charge in [-0.1, -0.05) is 12.1 Å². The molecule has 0 saturated heterocycles. The summed E-state index contributed by atoms with van der Waals surface area (Å²) < 4.78 is 76.7. The molecule has 1 aromatic heterocycles. The zero-order valence-electron chi connectivity index (χ0n) is 19.8. The summed E-state index contributed by atoms with van der Waals surface area (Å²) in [5.74, 6) is -3.25. The standard InChI is InChI=1S/C21H21F3N2O10S/c1-20(2,3)35-19(29)25-16(36-37(32,33)21(22,23)24)11-13(12-7-5-6-8-14(12)26(30)31)18(25)15(27)9-10-17(28)34-4/h5-8,11H,9-10H2,1-4H3. The number of methoxy groups -OCH3 is 1. The number of carbonyl (C=O) groups is 3. The van der Waals surface area contributed by atoms with Crippen LogP contribution in [0.3, 0.4) is 0 Å². The first-order valence-electron chi connectivity index (χ1n) is 10.2. The van der Waals surface area contributed by atoms with Gasteiger partial charge in [0.1, 0.15) is 11.3 Å². The second-order valence-electron chi connectivity index (χ2n) is 8.32. The lowest BCUT2D eigenvalue weighted by Crippen LogP contribution is -2.32. The van der Waals surface area contributed by atoms with Crippen molar-refractivity contribution >= 4 is 33.7 Å². The summed E-state index contributed by atoms with van der Waals surface area (Å²) in [5, 5.41) is 11.6. The van der Waals surface area contributed by atoms with Gasteiger partial charge in [0.15, 0.2) is 5.78 Å². The van der Waals surface area contributed by atoms with Gasteiger partial charge in [-0.15, -0.1) is 0 Å². The summed E-state index contributed by atoms with van der Waals surface area (Å²) in [6.07, 6.45) is -2.73. The van der Waals surface area contributed by atoms with E-state index < -0.39 is 79.7 Å². The molecule has 37 heavy (non-hydrogen) atoms. The molecule has 202 valence electrons. The van der Waals surface area contributed by atoms with Gasteiger partial charge in [-0.05, 0) is 26.8 Å². The monoisotopic (exact) mass is 550 g/mol. The third-order valence-corrected chi connectivity index (χ3v) is 5.42. The molecule has 0 aliphatic heterocycles. The second-order valence-corrected chi connectivity index (χ2v) is 9.86. The van der Waals surface area contributed by atoms with Gasteiger partial charge >= 0.3 is 27.7 Å². The van der Waals surface area contributed by atoms with Crippen LogP contribution in [0, 0.1) is 10.1 Å². The Morgan fingerprint density at radius 2 is 1.65 bits per heavy atom. The zero-order chi connectivity index (χ0) is 28.3. The highest BCUT2D eigenvalue weighted by Gasteiger charge is 2.49. The van der Waals surface area contributed by atoms with Gasteiger partial charge in [0.2, 0.25) is 5.88 Å². The molecule has 16 heteroatoms. The Hall–Kier alpha value is -3.95. The summed E-state index contributed by atoms with van der Waals surface area (Å²) in [6, 6.07) is 5.24. The number of alkyl halides is 3. The zero-order valence-corrected chi connectivity index (χ0v) is 20.6. The van der Waals surface area contributed by atoms with E-state index in [1.807, 2.05) is 0 Å². The summed E-state index contributed by atoms with van der Waals surface area (Å²) in [4.78, 5) is 48.5. The average molecular weight is 550 g/mol. The lowest BCUT2D eigenvalue weighted by molar-refractivity contribution is -0.384. The number of nitro benzene ring substituents is 1. The van der Waals surface area contributed by atoms with Crippen molar-refractivity contribution in [2.45, 2.75) is 44.7 Å². The van der Waals surface area contributed by atoms with Gasteiger partial charge in [-0.25, -0.2) is 9.36 Å². The van der Waals surface area contributed by atoms with E-state index in [1.54, 1.807) is 0 Å². The van der Waals surface area contributed by atoms with Crippen LogP contribution in [0.2, 0.25) is 0 Å². The molecule has 0 atom stereocenters. The first kappa shape index (κ1) is 29.3. The minimum atomic E-state index is -6.37. The van der Waals surface area contributed by atoms with E-state index in [2.05, 4.69) is 8.92 Å². The fraction of sp³-hybridized carbons (Fsp3) is 0.381. The molecule has 0 spiro atoms. The molecule has 0 aliphatic rings. The number of nitro groups is 1. The van der Waals surface area contributed by atoms with E-state index in [4.69, 9.17) is 4.74 Å². The summed E-state index contributed by atoms with van der Waals surface area (Å²) >= 11 is 0. The van der Waals surface area contributed by atoms with Crippen LogP contribution in [-0.2, 0) is 24.4 Å². The van der Waals surface area contributed by atoms with Crippen molar-refractivity contribution in [1.82, 2.24) is 4.57 Å². The number of benzene rings is 1. The van der Waals surface area contributed by atoms with Crippen molar-refractivity contribution in [3.05, 3.63) is 46.1 Å². The maximum Gasteiger partial charge on any atom is 0.534 e. The van der Waals surface area contributed by atoms with Crippen molar-refractivity contribution in [2.24, 2.45) is 0 Å². The van der Waals surface area contributed by atoms with Crippen molar-refractivity contribution < 1.29 is 54.6 Å². The quantitative estimate of drug-likeness (QED) is 0.116. The average Bonchev–Trinajstić information content (AvgIpc) is 3.13. The highest BCUT2D eigenvalue weighted by Crippen LogP contribution is 2.39. The molecule has 0 fully saturated rings. The van der Waals surface area contributed by atoms with E-state index in [0.29, 0.717) is 6.07 Å². The Morgan fingerprint density at radius 1 is 1.05 bits per heavy atom. The Morgan fingerprint density at radius 3 is 2.16 bits per heavy atom. The van der Waals surface area contributed by atoms with Crippen molar-refractivity contribution in [3.8, 4) is 17.0 Å². The van der Waals surface area contributed by atoms with E-state index in [0.717, 1.165) is 19.2 Å². The highest BCUT2D eigenvalue weighted by atomic mass is 32.2. The first-order valence-corrected chi connectivity index (χ1v) is 11.6. The number of rotatable bonds is 8. The Labute approximate surface area is 208 Å². The molecule has 0 bridgehead atoms. The molecule has 0 saturated carbocycles. The Kier molecular flexibility index (Phi) is 8.37. The van der Waals surface area contributed by atoms with Crippen LogP contribution >= 0.6 is 0 Å². The van der Waals surface area contributed by atoms with Crippen LogP contribution < -0.4 is 4.18 Å². The van der Waals surface area contributed by atoms with Gasteiger partial charge in [0.25, 0.3) is 5.69 Å². The maximum atomic E-state index is 13.2. The number of nitrogens with zero attached hydrogens (tertiary/aromatic N) is 2. The van der Waals surface area contributed by atoms with Crippen LogP contribution in [0.5, 0.6) is 5.88 Å². The molecule has 0 N–H and O–H groups in total.